The van der Waals surface area contributed by atoms with E-state index in [0.29, 0.717) is 13.2 Å². The number of methoxy groups -OCH3 is 1. The van der Waals surface area contributed by atoms with Crippen LogP contribution in [0.15, 0.2) is 12.4 Å². The SMILES string of the molecule is COCCOCCCCNC(C)c1nccnc1C. The predicted molar refractivity (Wildman–Crippen MR) is 75.1 cm³/mol. The lowest BCUT2D eigenvalue weighted by atomic mass is 10.2. The first-order chi connectivity index (χ1) is 9.25. The molecule has 1 N–H and O–H groups in total. The Morgan fingerprint density at radius 2 is 1.95 bits per heavy atom. The van der Waals surface area contributed by atoms with Crippen LogP contribution in [0.25, 0.3) is 0 Å². The van der Waals surface area contributed by atoms with E-state index in [1.807, 2.05) is 6.92 Å². The number of nitrogens with one attached hydrogen (secondary N) is 1. The van der Waals surface area contributed by atoms with Gasteiger partial charge in [0.2, 0.25) is 0 Å². The molecule has 0 aromatic carbocycles. The molecule has 1 aromatic heterocycles. The van der Waals surface area contributed by atoms with Crippen molar-refractivity contribution < 1.29 is 9.47 Å². The first kappa shape index (κ1) is 16.0. The van der Waals surface area contributed by atoms with Gasteiger partial charge in [-0.2, -0.15) is 0 Å². The molecule has 0 amide bonds. The lowest BCUT2D eigenvalue weighted by Gasteiger charge is -2.14. The monoisotopic (exact) mass is 267 g/mol. The van der Waals surface area contributed by atoms with Crippen molar-refractivity contribution in [1.82, 2.24) is 15.3 Å². The maximum absolute atomic E-state index is 5.41. The van der Waals surface area contributed by atoms with Crippen molar-refractivity contribution in [3.8, 4) is 0 Å². The minimum absolute atomic E-state index is 0.239. The van der Waals surface area contributed by atoms with Gasteiger partial charge in [-0.25, -0.2) is 0 Å². The van der Waals surface area contributed by atoms with E-state index in [2.05, 4.69) is 22.2 Å². The third kappa shape index (κ3) is 6.61. The van der Waals surface area contributed by atoms with Crippen LogP contribution in [0, 0.1) is 6.92 Å². The smallest absolute Gasteiger partial charge is 0.0782 e. The fraction of sp³-hybridized carbons (Fsp3) is 0.714. The van der Waals surface area contributed by atoms with Gasteiger partial charge in [-0.1, -0.05) is 0 Å². The summed E-state index contributed by atoms with van der Waals surface area (Å²) in [5, 5.41) is 3.46. The number of ether oxygens (including phenoxy) is 2. The Bertz CT molecular complexity index is 347. The van der Waals surface area contributed by atoms with E-state index in [9.17, 15) is 0 Å². The summed E-state index contributed by atoms with van der Waals surface area (Å²) in [4.78, 5) is 8.62. The number of rotatable bonds is 10. The first-order valence-corrected chi connectivity index (χ1v) is 6.83. The van der Waals surface area contributed by atoms with Crippen LogP contribution in [0.2, 0.25) is 0 Å². The van der Waals surface area contributed by atoms with E-state index in [1.165, 1.54) is 0 Å². The van der Waals surface area contributed by atoms with Gasteiger partial charge in [-0.3, -0.25) is 9.97 Å². The van der Waals surface area contributed by atoms with Crippen molar-refractivity contribution in [2.24, 2.45) is 0 Å². The molecule has 0 fully saturated rings. The molecule has 1 unspecified atom stereocenters. The zero-order valence-electron chi connectivity index (χ0n) is 12.2. The van der Waals surface area contributed by atoms with Gasteiger partial charge >= 0.3 is 0 Å². The first-order valence-electron chi connectivity index (χ1n) is 6.83. The van der Waals surface area contributed by atoms with Crippen LogP contribution in [0.1, 0.15) is 37.2 Å². The number of nitrogens with zero attached hydrogens (tertiary/aromatic N) is 2. The maximum atomic E-state index is 5.41. The van der Waals surface area contributed by atoms with E-state index < -0.39 is 0 Å². The second-order valence-corrected chi connectivity index (χ2v) is 4.52. The Hall–Kier alpha value is -1.04. The summed E-state index contributed by atoms with van der Waals surface area (Å²) in [5.41, 5.74) is 2.02. The fourth-order valence-electron chi connectivity index (χ4n) is 1.83. The van der Waals surface area contributed by atoms with Crippen LogP contribution in [0.3, 0.4) is 0 Å². The molecule has 5 heteroatoms. The molecule has 1 heterocycles. The molecule has 108 valence electrons. The van der Waals surface area contributed by atoms with Gasteiger partial charge in [-0.05, 0) is 33.2 Å². The summed E-state index contributed by atoms with van der Waals surface area (Å²) in [7, 11) is 1.68. The number of aromatic nitrogens is 2. The van der Waals surface area contributed by atoms with Crippen LogP contribution < -0.4 is 5.32 Å². The molecule has 0 aliphatic heterocycles. The lowest BCUT2D eigenvalue weighted by Crippen LogP contribution is -2.22. The zero-order valence-corrected chi connectivity index (χ0v) is 12.2. The Labute approximate surface area is 115 Å². The van der Waals surface area contributed by atoms with Gasteiger partial charge in [0.15, 0.2) is 0 Å². The molecule has 0 aliphatic carbocycles. The molecule has 0 radical (unpaired) electrons. The molecule has 1 rings (SSSR count). The molecular formula is C14H25N3O2. The molecule has 0 spiro atoms. The average Bonchev–Trinajstić information content (AvgIpc) is 2.42. The standard InChI is InChI=1S/C14H25N3O2/c1-12(14-13(2)16-7-8-17-14)15-6-4-5-9-19-11-10-18-3/h7-8,12,15H,4-6,9-11H2,1-3H3. The van der Waals surface area contributed by atoms with E-state index in [1.54, 1.807) is 19.5 Å². The summed E-state index contributed by atoms with van der Waals surface area (Å²) in [5.74, 6) is 0. The highest BCUT2D eigenvalue weighted by atomic mass is 16.5. The Morgan fingerprint density at radius 3 is 2.68 bits per heavy atom. The molecule has 0 saturated carbocycles. The maximum Gasteiger partial charge on any atom is 0.0782 e. The van der Waals surface area contributed by atoms with Gasteiger partial charge in [-0.15, -0.1) is 0 Å². The molecule has 1 aromatic rings. The molecule has 0 aliphatic rings. The average molecular weight is 267 g/mol. The third-order valence-corrected chi connectivity index (χ3v) is 2.93. The number of unbranched alkanes of at least 4 members (excludes halogenated alkanes) is 1. The summed E-state index contributed by atoms with van der Waals surface area (Å²) in [6.07, 6.45) is 5.62. The minimum atomic E-state index is 0.239. The van der Waals surface area contributed by atoms with Crippen molar-refractivity contribution in [3.05, 3.63) is 23.8 Å². The van der Waals surface area contributed by atoms with E-state index in [-0.39, 0.29) is 6.04 Å². The normalized spacial score (nSPS) is 12.6. The summed E-state index contributed by atoms with van der Waals surface area (Å²) in [6, 6.07) is 0.239. The molecule has 0 saturated heterocycles. The highest BCUT2D eigenvalue weighted by Crippen LogP contribution is 2.11. The number of hydrogen-bond acceptors (Lipinski definition) is 5. The minimum Gasteiger partial charge on any atom is -0.382 e. The number of aryl methyl sites for hydroxylation is 1. The van der Waals surface area contributed by atoms with E-state index in [4.69, 9.17) is 9.47 Å². The van der Waals surface area contributed by atoms with Crippen molar-refractivity contribution in [2.45, 2.75) is 32.7 Å². The summed E-state index contributed by atoms with van der Waals surface area (Å²) >= 11 is 0. The van der Waals surface area contributed by atoms with Gasteiger partial charge in [0.1, 0.15) is 0 Å². The summed E-state index contributed by atoms with van der Waals surface area (Å²) in [6.45, 7) is 7.21. The molecule has 1 atom stereocenters. The fourth-order valence-corrected chi connectivity index (χ4v) is 1.83. The molecule has 0 bridgehead atoms. The van der Waals surface area contributed by atoms with Crippen LogP contribution in [-0.4, -0.2) is 43.4 Å². The van der Waals surface area contributed by atoms with Gasteiger partial charge in [0.25, 0.3) is 0 Å². The van der Waals surface area contributed by atoms with Crippen LogP contribution in [0.5, 0.6) is 0 Å². The Kier molecular flexibility index (Phi) is 8.29. The third-order valence-electron chi connectivity index (χ3n) is 2.93. The summed E-state index contributed by atoms with van der Waals surface area (Å²) < 4.78 is 10.3. The van der Waals surface area contributed by atoms with Gasteiger partial charge in [0, 0.05) is 32.2 Å². The van der Waals surface area contributed by atoms with Crippen LogP contribution in [-0.2, 0) is 9.47 Å². The second-order valence-electron chi connectivity index (χ2n) is 4.52. The van der Waals surface area contributed by atoms with Gasteiger partial charge in [0.05, 0.1) is 24.6 Å². The topological polar surface area (TPSA) is 56.3 Å². The molecular weight excluding hydrogens is 242 g/mol. The van der Waals surface area contributed by atoms with Crippen molar-refractivity contribution in [2.75, 3.05) is 33.5 Å². The largest absolute Gasteiger partial charge is 0.382 e. The quantitative estimate of drug-likeness (QED) is 0.656. The highest BCUT2D eigenvalue weighted by Gasteiger charge is 2.08. The Morgan fingerprint density at radius 1 is 1.16 bits per heavy atom. The number of hydrogen-bond donors (Lipinski definition) is 1. The lowest BCUT2D eigenvalue weighted by molar-refractivity contribution is 0.0687. The van der Waals surface area contributed by atoms with E-state index in [0.717, 1.165) is 37.4 Å². The van der Waals surface area contributed by atoms with Gasteiger partial charge < -0.3 is 14.8 Å². The Balaban J connectivity index is 2.08. The zero-order chi connectivity index (χ0) is 13.9. The van der Waals surface area contributed by atoms with Crippen LogP contribution in [0.4, 0.5) is 0 Å². The second kappa shape index (κ2) is 9.83. The molecule has 19 heavy (non-hydrogen) atoms. The van der Waals surface area contributed by atoms with Crippen molar-refractivity contribution in [1.29, 1.82) is 0 Å². The van der Waals surface area contributed by atoms with Crippen LogP contribution >= 0.6 is 0 Å². The van der Waals surface area contributed by atoms with Crippen molar-refractivity contribution in [3.63, 3.8) is 0 Å². The predicted octanol–water partition coefficient (Wildman–Crippen LogP) is 1.88. The van der Waals surface area contributed by atoms with E-state index >= 15 is 0 Å². The van der Waals surface area contributed by atoms with Crippen molar-refractivity contribution >= 4 is 0 Å². The highest BCUT2D eigenvalue weighted by molar-refractivity contribution is 5.12. The molecule has 5 nitrogen and oxygen atoms in total.